The van der Waals surface area contributed by atoms with E-state index in [1.165, 1.54) is 19.1 Å². The number of hydrogen-bond donors (Lipinski definition) is 0. The lowest BCUT2D eigenvalue weighted by Crippen LogP contribution is -2.19. The number of rotatable bonds is 4. The molecule has 1 heterocycles. The third-order valence-corrected chi connectivity index (χ3v) is 4.17. The number of nitrogens with zero attached hydrogens (tertiary/aromatic N) is 1. The highest BCUT2D eigenvalue weighted by atomic mass is 19.1. The zero-order chi connectivity index (χ0) is 14.7. The van der Waals surface area contributed by atoms with Crippen molar-refractivity contribution in [1.82, 2.24) is 4.90 Å². The molecule has 0 N–H and O–H groups in total. The Morgan fingerprint density at radius 1 is 1.19 bits per heavy atom. The fourth-order valence-corrected chi connectivity index (χ4v) is 3.04. The zero-order valence-electron chi connectivity index (χ0n) is 12.3. The fourth-order valence-electron chi connectivity index (χ4n) is 3.04. The van der Waals surface area contributed by atoms with Gasteiger partial charge < -0.3 is 4.74 Å². The SMILES string of the molecule is COc1ccc(CN2CCC(c3ccccc3)C2)cc1F. The third kappa shape index (κ3) is 3.24. The van der Waals surface area contributed by atoms with Gasteiger partial charge in [0.05, 0.1) is 7.11 Å². The minimum Gasteiger partial charge on any atom is -0.494 e. The lowest BCUT2D eigenvalue weighted by molar-refractivity contribution is 0.325. The van der Waals surface area contributed by atoms with Gasteiger partial charge in [0.15, 0.2) is 11.6 Å². The van der Waals surface area contributed by atoms with Crippen LogP contribution in [-0.4, -0.2) is 25.1 Å². The van der Waals surface area contributed by atoms with Crippen LogP contribution in [0.5, 0.6) is 5.75 Å². The molecule has 1 aliphatic heterocycles. The molecule has 0 aliphatic carbocycles. The van der Waals surface area contributed by atoms with Crippen LogP contribution >= 0.6 is 0 Å². The van der Waals surface area contributed by atoms with Gasteiger partial charge in [-0.15, -0.1) is 0 Å². The average Bonchev–Trinajstić information content (AvgIpc) is 2.97. The van der Waals surface area contributed by atoms with E-state index in [4.69, 9.17) is 4.74 Å². The number of ether oxygens (including phenoxy) is 1. The number of methoxy groups -OCH3 is 1. The quantitative estimate of drug-likeness (QED) is 0.846. The molecule has 3 rings (SSSR count). The van der Waals surface area contributed by atoms with E-state index in [0.29, 0.717) is 11.7 Å². The van der Waals surface area contributed by atoms with Gasteiger partial charge >= 0.3 is 0 Å². The van der Waals surface area contributed by atoms with Crippen LogP contribution in [0, 0.1) is 5.82 Å². The van der Waals surface area contributed by atoms with Crippen molar-refractivity contribution in [2.75, 3.05) is 20.2 Å². The van der Waals surface area contributed by atoms with Gasteiger partial charge in [-0.1, -0.05) is 36.4 Å². The van der Waals surface area contributed by atoms with Gasteiger partial charge in [0.25, 0.3) is 0 Å². The van der Waals surface area contributed by atoms with E-state index in [-0.39, 0.29) is 5.82 Å². The van der Waals surface area contributed by atoms with Gasteiger partial charge in [0.1, 0.15) is 0 Å². The van der Waals surface area contributed by atoms with Gasteiger partial charge in [0, 0.05) is 13.1 Å². The van der Waals surface area contributed by atoms with Crippen LogP contribution in [0.2, 0.25) is 0 Å². The fraction of sp³-hybridized carbons (Fsp3) is 0.333. The monoisotopic (exact) mass is 285 g/mol. The lowest BCUT2D eigenvalue weighted by atomic mass is 9.99. The molecule has 0 saturated carbocycles. The summed E-state index contributed by atoms with van der Waals surface area (Å²) >= 11 is 0. The number of halogens is 1. The van der Waals surface area contributed by atoms with E-state index in [1.807, 2.05) is 6.07 Å². The molecule has 0 amide bonds. The Hall–Kier alpha value is -1.87. The van der Waals surface area contributed by atoms with Gasteiger partial charge in [-0.25, -0.2) is 4.39 Å². The van der Waals surface area contributed by atoms with Crippen LogP contribution in [0.4, 0.5) is 4.39 Å². The Balaban J connectivity index is 1.63. The first-order valence-corrected chi connectivity index (χ1v) is 7.36. The predicted octanol–water partition coefficient (Wildman–Crippen LogP) is 3.82. The minimum absolute atomic E-state index is 0.284. The van der Waals surface area contributed by atoms with Gasteiger partial charge in [-0.2, -0.15) is 0 Å². The maximum Gasteiger partial charge on any atom is 0.165 e. The Kier molecular flexibility index (Phi) is 4.20. The van der Waals surface area contributed by atoms with Crippen molar-refractivity contribution in [2.24, 2.45) is 0 Å². The molecule has 0 radical (unpaired) electrons. The smallest absolute Gasteiger partial charge is 0.165 e. The molecule has 110 valence electrons. The highest BCUT2D eigenvalue weighted by Gasteiger charge is 2.23. The first-order valence-electron chi connectivity index (χ1n) is 7.36. The normalized spacial score (nSPS) is 18.9. The van der Waals surface area contributed by atoms with Crippen molar-refractivity contribution in [3.8, 4) is 5.75 Å². The summed E-state index contributed by atoms with van der Waals surface area (Å²) in [6.45, 7) is 2.90. The third-order valence-electron chi connectivity index (χ3n) is 4.17. The summed E-state index contributed by atoms with van der Waals surface area (Å²) in [7, 11) is 1.49. The molecule has 1 aliphatic rings. The molecule has 21 heavy (non-hydrogen) atoms. The van der Waals surface area contributed by atoms with Crippen LogP contribution < -0.4 is 4.74 Å². The van der Waals surface area contributed by atoms with E-state index in [9.17, 15) is 4.39 Å². The van der Waals surface area contributed by atoms with E-state index >= 15 is 0 Å². The molecule has 2 aromatic rings. The van der Waals surface area contributed by atoms with Gasteiger partial charge in [-0.3, -0.25) is 4.90 Å². The van der Waals surface area contributed by atoms with Crippen molar-refractivity contribution in [3.63, 3.8) is 0 Å². The molecule has 0 aromatic heterocycles. The molecule has 0 bridgehead atoms. The standard InChI is InChI=1S/C18H20FNO/c1-21-18-8-7-14(11-17(18)19)12-20-10-9-16(13-20)15-5-3-2-4-6-15/h2-8,11,16H,9-10,12-13H2,1H3. The topological polar surface area (TPSA) is 12.5 Å². The van der Waals surface area contributed by atoms with E-state index < -0.39 is 0 Å². The molecule has 1 atom stereocenters. The van der Waals surface area contributed by atoms with Crippen molar-refractivity contribution in [1.29, 1.82) is 0 Å². The lowest BCUT2D eigenvalue weighted by Gasteiger charge is -2.16. The summed E-state index contributed by atoms with van der Waals surface area (Å²) in [6.07, 6.45) is 1.17. The Labute approximate surface area is 125 Å². The van der Waals surface area contributed by atoms with Crippen molar-refractivity contribution >= 4 is 0 Å². The first kappa shape index (κ1) is 14.1. The van der Waals surface area contributed by atoms with Crippen LogP contribution in [0.15, 0.2) is 48.5 Å². The molecular formula is C18H20FNO. The van der Waals surface area contributed by atoms with Crippen molar-refractivity contribution < 1.29 is 9.13 Å². The number of benzene rings is 2. The second-order valence-electron chi connectivity index (χ2n) is 5.60. The molecule has 1 saturated heterocycles. The first-order chi connectivity index (χ1) is 10.3. The molecular weight excluding hydrogens is 265 g/mol. The van der Waals surface area contributed by atoms with E-state index in [1.54, 1.807) is 12.1 Å². The van der Waals surface area contributed by atoms with E-state index in [2.05, 4.69) is 35.2 Å². The minimum atomic E-state index is -0.284. The zero-order valence-corrected chi connectivity index (χ0v) is 12.3. The molecule has 2 aromatic carbocycles. The summed E-state index contributed by atoms with van der Waals surface area (Å²) in [6, 6.07) is 15.9. The number of likely N-dealkylation sites (tertiary alicyclic amines) is 1. The van der Waals surface area contributed by atoms with Crippen LogP contribution in [-0.2, 0) is 6.54 Å². The molecule has 0 spiro atoms. The summed E-state index contributed by atoms with van der Waals surface area (Å²) in [5.74, 6) is 0.616. The summed E-state index contributed by atoms with van der Waals surface area (Å²) in [5.41, 5.74) is 2.41. The Bertz CT molecular complexity index is 599. The van der Waals surface area contributed by atoms with E-state index in [0.717, 1.165) is 25.2 Å². The maximum atomic E-state index is 13.7. The number of hydrogen-bond acceptors (Lipinski definition) is 2. The second-order valence-corrected chi connectivity index (χ2v) is 5.60. The maximum absolute atomic E-state index is 13.7. The summed E-state index contributed by atoms with van der Waals surface area (Å²) < 4.78 is 18.7. The molecule has 3 heteroatoms. The molecule has 2 nitrogen and oxygen atoms in total. The van der Waals surface area contributed by atoms with Crippen molar-refractivity contribution in [3.05, 3.63) is 65.5 Å². The molecule has 1 unspecified atom stereocenters. The van der Waals surface area contributed by atoms with Gasteiger partial charge in [-0.05, 0) is 42.1 Å². The van der Waals surface area contributed by atoms with Crippen LogP contribution in [0.25, 0.3) is 0 Å². The van der Waals surface area contributed by atoms with Crippen molar-refractivity contribution in [2.45, 2.75) is 18.9 Å². The Morgan fingerprint density at radius 3 is 2.71 bits per heavy atom. The highest BCUT2D eigenvalue weighted by Crippen LogP contribution is 2.28. The van der Waals surface area contributed by atoms with Crippen LogP contribution in [0.1, 0.15) is 23.5 Å². The largest absolute Gasteiger partial charge is 0.494 e. The average molecular weight is 285 g/mol. The van der Waals surface area contributed by atoms with Crippen LogP contribution in [0.3, 0.4) is 0 Å². The summed E-state index contributed by atoms with van der Waals surface area (Å²) in [5, 5.41) is 0. The second kappa shape index (κ2) is 6.27. The van der Waals surface area contributed by atoms with Gasteiger partial charge in [0.2, 0.25) is 0 Å². The predicted molar refractivity (Wildman–Crippen MR) is 82.0 cm³/mol. The Morgan fingerprint density at radius 2 is 2.00 bits per heavy atom. The molecule has 1 fully saturated rings. The summed E-state index contributed by atoms with van der Waals surface area (Å²) in [4.78, 5) is 2.39. The highest BCUT2D eigenvalue weighted by molar-refractivity contribution is 5.29.